The fourth-order valence-electron chi connectivity index (χ4n) is 3.83. The number of nitrogens with one attached hydrogen (secondary N) is 1. The van der Waals surface area contributed by atoms with Crippen LogP contribution in [0, 0.1) is 6.92 Å². The van der Waals surface area contributed by atoms with E-state index in [0.29, 0.717) is 17.9 Å². The Bertz CT molecular complexity index is 1400. The van der Waals surface area contributed by atoms with Crippen molar-refractivity contribution in [3.63, 3.8) is 0 Å². The molecule has 1 N–H and O–H groups in total. The van der Waals surface area contributed by atoms with E-state index in [-0.39, 0.29) is 11.3 Å². The second-order valence-corrected chi connectivity index (χ2v) is 8.64. The molecular formula is C24H20N4O5S. The zero-order valence-electron chi connectivity index (χ0n) is 18.1. The molecule has 3 aromatic heterocycles. The first-order valence-corrected chi connectivity index (χ1v) is 11.4. The Labute approximate surface area is 197 Å². The number of thiophene rings is 1. The van der Waals surface area contributed by atoms with E-state index in [4.69, 9.17) is 9.15 Å². The van der Waals surface area contributed by atoms with Gasteiger partial charge >= 0.3 is 11.7 Å². The Kier molecular flexibility index (Phi) is 5.72. The maximum atomic E-state index is 12.9. The van der Waals surface area contributed by atoms with Crippen molar-refractivity contribution in [2.75, 3.05) is 6.61 Å². The van der Waals surface area contributed by atoms with E-state index >= 15 is 0 Å². The van der Waals surface area contributed by atoms with Gasteiger partial charge in [-0.15, -0.1) is 11.3 Å². The quantitative estimate of drug-likeness (QED) is 0.427. The van der Waals surface area contributed by atoms with E-state index in [1.54, 1.807) is 67.1 Å². The van der Waals surface area contributed by atoms with E-state index in [1.165, 1.54) is 9.58 Å². The van der Waals surface area contributed by atoms with Gasteiger partial charge in [0, 0.05) is 18.3 Å². The minimum Gasteiger partial charge on any atom is -0.467 e. The summed E-state index contributed by atoms with van der Waals surface area (Å²) in [5, 5.41) is 7.77. The predicted molar refractivity (Wildman–Crippen MR) is 125 cm³/mol. The van der Waals surface area contributed by atoms with Crippen molar-refractivity contribution in [2.45, 2.75) is 19.4 Å². The molecule has 0 radical (unpaired) electrons. The van der Waals surface area contributed by atoms with Crippen LogP contribution in [0.5, 0.6) is 0 Å². The van der Waals surface area contributed by atoms with Gasteiger partial charge in [-0.1, -0.05) is 6.07 Å². The maximum Gasteiger partial charge on any atom is 0.338 e. The van der Waals surface area contributed by atoms with Crippen molar-refractivity contribution in [3.8, 4) is 5.69 Å². The van der Waals surface area contributed by atoms with Crippen molar-refractivity contribution < 1.29 is 18.7 Å². The van der Waals surface area contributed by atoms with E-state index < -0.39 is 24.5 Å². The van der Waals surface area contributed by atoms with Crippen LogP contribution < -0.4 is 5.69 Å². The molecule has 0 saturated heterocycles. The number of carbonyl (C=O) groups is 2. The number of hydrogen-bond acceptors (Lipinski definition) is 7. The van der Waals surface area contributed by atoms with Crippen molar-refractivity contribution in [3.05, 3.63) is 98.8 Å². The molecule has 1 amide bonds. The zero-order valence-corrected chi connectivity index (χ0v) is 19.0. The molecule has 1 aliphatic rings. The third kappa shape index (κ3) is 4.11. The molecular weight excluding hydrogens is 456 g/mol. The number of ether oxygens (including phenoxy) is 1. The molecule has 1 atom stereocenters. The van der Waals surface area contributed by atoms with Crippen molar-refractivity contribution in [1.29, 1.82) is 0 Å². The van der Waals surface area contributed by atoms with Crippen LogP contribution in [0.3, 0.4) is 0 Å². The molecule has 0 fully saturated rings. The number of benzene rings is 1. The molecule has 1 aliphatic heterocycles. The van der Waals surface area contributed by atoms with Crippen LogP contribution in [0.1, 0.15) is 39.2 Å². The highest BCUT2D eigenvalue weighted by Gasteiger charge is 2.35. The van der Waals surface area contributed by atoms with Crippen LogP contribution in [0.2, 0.25) is 0 Å². The Morgan fingerprint density at radius 2 is 2.03 bits per heavy atom. The number of H-pyrrole nitrogens is 1. The van der Waals surface area contributed by atoms with E-state index in [9.17, 15) is 14.4 Å². The minimum atomic E-state index is -0.644. The normalized spacial score (nSPS) is 15.4. The number of furan rings is 1. The predicted octanol–water partition coefficient (Wildman–Crippen LogP) is 3.66. The van der Waals surface area contributed by atoms with Crippen molar-refractivity contribution in [2.24, 2.45) is 5.10 Å². The first kappa shape index (κ1) is 21.7. The number of hydrogen-bond donors (Lipinski definition) is 1. The number of amides is 1. The summed E-state index contributed by atoms with van der Waals surface area (Å²) in [5.74, 6) is -0.484. The molecule has 1 aromatic carbocycles. The third-order valence-electron chi connectivity index (χ3n) is 5.49. The van der Waals surface area contributed by atoms with Gasteiger partial charge in [-0.2, -0.15) is 5.10 Å². The average molecular weight is 477 g/mol. The number of hydrazone groups is 1. The highest BCUT2D eigenvalue weighted by atomic mass is 32.1. The number of rotatable bonds is 6. The Balaban J connectivity index is 1.28. The Morgan fingerprint density at radius 1 is 1.21 bits per heavy atom. The number of aryl methyl sites for hydroxylation is 1. The van der Waals surface area contributed by atoms with Crippen molar-refractivity contribution in [1.82, 2.24) is 14.6 Å². The molecule has 0 bridgehead atoms. The second kappa shape index (κ2) is 8.99. The average Bonchev–Trinajstić information content (AvgIpc) is 3.64. The largest absolute Gasteiger partial charge is 0.467 e. The minimum absolute atomic E-state index is 0.266. The van der Waals surface area contributed by atoms with Gasteiger partial charge in [0.2, 0.25) is 0 Å². The summed E-state index contributed by atoms with van der Waals surface area (Å²) in [4.78, 5) is 41.0. The molecule has 5 rings (SSSR count). The van der Waals surface area contributed by atoms with Crippen LogP contribution in [0.15, 0.2) is 80.7 Å². The summed E-state index contributed by atoms with van der Waals surface area (Å²) < 4.78 is 12.3. The highest BCUT2D eigenvalue weighted by Crippen LogP contribution is 2.34. The van der Waals surface area contributed by atoms with Gasteiger partial charge in [-0.05, 0) is 54.8 Å². The standard InChI is InChI=1S/C24H20N4O5S/c1-15-13-25-24(31)27(15)17-8-6-16(7-9-17)23(30)33-14-22(29)28-19(20-4-2-10-32-20)12-18(26-28)21-5-3-11-34-21/h2-11,13,19H,12,14H2,1H3,(H,25,31). The van der Waals surface area contributed by atoms with Gasteiger partial charge in [0.15, 0.2) is 6.61 Å². The molecule has 34 heavy (non-hydrogen) atoms. The molecule has 4 heterocycles. The van der Waals surface area contributed by atoms with Gasteiger partial charge in [0.05, 0.1) is 28.1 Å². The highest BCUT2D eigenvalue weighted by molar-refractivity contribution is 7.12. The number of nitrogens with zero attached hydrogens (tertiary/aromatic N) is 3. The fourth-order valence-corrected chi connectivity index (χ4v) is 4.56. The van der Waals surface area contributed by atoms with E-state index in [2.05, 4.69) is 10.1 Å². The molecule has 10 heteroatoms. The molecule has 9 nitrogen and oxygen atoms in total. The number of aromatic nitrogens is 2. The molecule has 172 valence electrons. The molecule has 0 saturated carbocycles. The molecule has 1 unspecified atom stereocenters. The van der Waals surface area contributed by atoms with Crippen LogP contribution in [0.25, 0.3) is 5.69 Å². The van der Waals surface area contributed by atoms with E-state index in [0.717, 1.165) is 16.3 Å². The number of esters is 1. The van der Waals surface area contributed by atoms with Crippen LogP contribution in [0.4, 0.5) is 0 Å². The van der Waals surface area contributed by atoms with Crippen LogP contribution >= 0.6 is 11.3 Å². The lowest BCUT2D eigenvalue weighted by atomic mass is 10.1. The van der Waals surface area contributed by atoms with Gasteiger partial charge in [0.25, 0.3) is 5.91 Å². The SMILES string of the molecule is Cc1c[nH]c(=O)n1-c1ccc(C(=O)OCC(=O)N2N=C(c3cccs3)CC2c2ccco2)cc1. The lowest BCUT2D eigenvalue weighted by Gasteiger charge is -2.19. The summed E-state index contributed by atoms with van der Waals surface area (Å²) in [6.07, 6.45) is 3.66. The van der Waals surface area contributed by atoms with Crippen LogP contribution in [-0.4, -0.2) is 38.8 Å². The summed E-state index contributed by atoms with van der Waals surface area (Å²) in [6, 6.07) is 13.4. The lowest BCUT2D eigenvalue weighted by molar-refractivity contribution is -0.136. The van der Waals surface area contributed by atoms with Gasteiger partial charge < -0.3 is 14.1 Å². The second-order valence-electron chi connectivity index (χ2n) is 7.69. The Morgan fingerprint density at radius 3 is 2.68 bits per heavy atom. The smallest absolute Gasteiger partial charge is 0.338 e. The lowest BCUT2D eigenvalue weighted by Crippen LogP contribution is -2.31. The molecule has 4 aromatic rings. The first-order chi connectivity index (χ1) is 16.5. The molecule has 0 spiro atoms. The summed E-state index contributed by atoms with van der Waals surface area (Å²) in [6.45, 7) is 1.34. The molecule has 0 aliphatic carbocycles. The van der Waals surface area contributed by atoms with Gasteiger partial charge in [-0.25, -0.2) is 14.6 Å². The number of carbonyl (C=O) groups excluding carboxylic acids is 2. The van der Waals surface area contributed by atoms with E-state index in [1.807, 2.05) is 17.5 Å². The zero-order chi connectivity index (χ0) is 23.7. The van der Waals surface area contributed by atoms with Gasteiger partial charge in [-0.3, -0.25) is 9.36 Å². The summed E-state index contributed by atoms with van der Waals surface area (Å²) in [7, 11) is 0. The Hall–Kier alpha value is -4.18. The maximum absolute atomic E-state index is 12.9. The number of imidazole rings is 1. The summed E-state index contributed by atoms with van der Waals surface area (Å²) >= 11 is 1.54. The monoisotopic (exact) mass is 476 g/mol. The fraction of sp³-hybridized carbons (Fsp3) is 0.167. The van der Waals surface area contributed by atoms with Crippen molar-refractivity contribution >= 4 is 28.9 Å². The topological polar surface area (TPSA) is 110 Å². The summed E-state index contributed by atoms with van der Waals surface area (Å²) in [5.41, 5.74) is 2.14. The third-order valence-corrected chi connectivity index (χ3v) is 6.41. The van der Waals surface area contributed by atoms with Crippen LogP contribution in [-0.2, 0) is 9.53 Å². The number of aromatic amines is 1. The first-order valence-electron chi connectivity index (χ1n) is 10.5. The van der Waals surface area contributed by atoms with Gasteiger partial charge in [0.1, 0.15) is 11.8 Å².